The van der Waals surface area contributed by atoms with Crippen molar-refractivity contribution < 1.29 is 19.1 Å². The molecule has 0 radical (unpaired) electrons. The number of ether oxygens (including phenoxy) is 2. The van der Waals surface area contributed by atoms with Gasteiger partial charge in [-0.2, -0.15) is 0 Å². The van der Waals surface area contributed by atoms with E-state index in [4.69, 9.17) is 9.47 Å². The number of carbonyl (C=O) groups excluding carboxylic acids is 2. The maximum Gasteiger partial charge on any atom is 0.338 e. The Balaban J connectivity index is 1.46. The molecule has 0 atom stereocenters. The number of carbonyl (C=O) groups is 2. The van der Waals surface area contributed by atoms with E-state index in [9.17, 15) is 9.59 Å². The molecule has 1 aliphatic rings. The molecule has 0 aromatic heterocycles. The molecule has 0 amide bonds. The van der Waals surface area contributed by atoms with E-state index in [2.05, 4.69) is 0 Å². The Hall–Kier alpha value is -2.62. The third kappa shape index (κ3) is 4.69. The zero-order valence-corrected chi connectivity index (χ0v) is 14.3. The fraction of sp³-hybridized carbons (Fsp3) is 0.333. The van der Waals surface area contributed by atoms with Crippen molar-refractivity contribution in [1.29, 1.82) is 0 Å². The summed E-state index contributed by atoms with van der Waals surface area (Å²) >= 11 is 0. The fourth-order valence-corrected chi connectivity index (χ4v) is 2.97. The molecule has 0 saturated heterocycles. The molecule has 0 unspecified atom stereocenters. The lowest BCUT2D eigenvalue weighted by atomic mass is 9.95. The maximum atomic E-state index is 12.2. The van der Waals surface area contributed by atoms with Crippen LogP contribution in [0.1, 0.15) is 52.0 Å². The molecule has 2 aromatic carbocycles. The first-order chi connectivity index (χ1) is 12.1. The van der Waals surface area contributed by atoms with Gasteiger partial charge in [0.15, 0.2) is 0 Å². The Bertz CT molecular complexity index is 713. The van der Waals surface area contributed by atoms with Crippen molar-refractivity contribution >= 4 is 11.9 Å². The Morgan fingerprint density at radius 3 is 1.64 bits per heavy atom. The van der Waals surface area contributed by atoms with Crippen LogP contribution in [0.25, 0.3) is 0 Å². The molecular weight excluding hydrogens is 316 g/mol. The molecular formula is C21H22O4. The van der Waals surface area contributed by atoms with Gasteiger partial charge in [-0.1, -0.05) is 35.9 Å². The molecule has 25 heavy (non-hydrogen) atoms. The summed E-state index contributed by atoms with van der Waals surface area (Å²) in [5.41, 5.74) is 2.25. The van der Waals surface area contributed by atoms with E-state index < -0.39 is 0 Å². The summed E-state index contributed by atoms with van der Waals surface area (Å²) in [6.07, 6.45) is 2.63. The van der Waals surface area contributed by atoms with E-state index in [1.807, 2.05) is 37.3 Å². The molecule has 1 fully saturated rings. The van der Waals surface area contributed by atoms with Crippen LogP contribution in [-0.4, -0.2) is 24.1 Å². The Morgan fingerprint density at radius 1 is 0.720 bits per heavy atom. The van der Waals surface area contributed by atoms with Crippen molar-refractivity contribution in [3.63, 3.8) is 0 Å². The Kier molecular flexibility index (Phi) is 5.49. The zero-order chi connectivity index (χ0) is 17.6. The topological polar surface area (TPSA) is 52.6 Å². The first-order valence-corrected chi connectivity index (χ1v) is 8.65. The molecule has 0 heterocycles. The van der Waals surface area contributed by atoms with Gasteiger partial charge in [0.05, 0.1) is 11.1 Å². The number of aryl methyl sites for hydroxylation is 1. The van der Waals surface area contributed by atoms with Gasteiger partial charge in [0.1, 0.15) is 12.2 Å². The van der Waals surface area contributed by atoms with Crippen LogP contribution in [0.4, 0.5) is 0 Å². The predicted octanol–water partition coefficient (Wildman–Crippen LogP) is 4.32. The van der Waals surface area contributed by atoms with Crippen LogP contribution in [0.3, 0.4) is 0 Å². The molecule has 4 nitrogen and oxygen atoms in total. The number of hydrogen-bond donors (Lipinski definition) is 0. The van der Waals surface area contributed by atoms with Crippen LogP contribution in [-0.2, 0) is 9.47 Å². The quantitative estimate of drug-likeness (QED) is 0.779. The van der Waals surface area contributed by atoms with Gasteiger partial charge in [-0.3, -0.25) is 0 Å². The molecule has 0 aliphatic heterocycles. The van der Waals surface area contributed by atoms with Crippen LogP contribution in [0.5, 0.6) is 0 Å². The summed E-state index contributed by atoms with van der Waals surface area (Å²) < 4.78 is 11.1. The highest BCUT2D eigenvalue weighted by atomic mass is 16.6. The number of esters is 2. The molecule has 2 aromatic rings. The van der Waals surface area contributed by atoms with Crippen molar-refractivity contribution in [1.82, 2.24) is 0 Å². The summed E-state index contributed by atoms with van der Waals surface area (Å²) in [5.74, 6) is -0.578. The number of hydrogen-bond acceptors (Lipinski definition) is 4. The van der Waals surface area contributed by atoms with Crippen LogP contribution < -0.4 is 0 Å². The highest BCUT2D eigenvalue weighted by Gasteiger charge is 2.26. The molecule has 1 aliphatic carbocycles. The standard InChI is InChI=1S/C21H22O4/c1-15-7-9-17(10-8-15)21(23)25-19-13-11-18(12-14-19)24-20(22)16-5-3-2-4-6-16/h2-10,18-19H,11-14H2,1H3. The Morgan fingerprint density at radius 2 is 1.16 bits per heavy atom. The normalized spacial score (nSPS) is 19.9. The molecule has 4 heteroatoms. The lowest BCUT2D eigenvalue weighted by Gasteiger charge is -2.28. The van der Waals surface area contributed by atoms with E-state index in [1.54, 1.807) is 24.3 Å². The molecule has 0 bridgehead atoms. The van der Waals surface area contributed by atoms with E-state index >= 15 is 0 Å². The molecule has 3 rings (SSSR count). The van der Waals surface area contributed by atoms with Gasteiger partial charge in [-0.05, 0) is 56.9 Å². The summed E-state index contributed by atoms with van der Waals surface area (Å²) in [5, 5.41) is 0. The van der Waals surface area contributed by atoms with Gasteiger partial charge < -0.3 is 9.47 Å². The minimum atomic E-state index is -0.291. The van der Waals surface area contributed by atoms with Crippen LogP contribution in [0.15, 0.2) is 54.6 Å². The summed E-state index contributed by atoms with van der Waals surface area (Å²) in [4.78, 5) is 24.2. The van der Waals surface area contributed by atoms with Crippen molar-refractivity contribution in [2.75, 3.05) is 0 Å². The van der Waals surface area contributed by atoms with E-state index in [0.717, 1.165) is 5.56 Å². The molecule has 0 spiro atoms. The SMILES string of the molecule is Cc1ccc(C(=O)OC2CCC(OC(=O)c3ccccc3)CC2)cc1. The average Bonchev–Trinajstić information content (AvgIpc) is 2.64. The second-order valence-corrected chi connectivity index (χ2v) is 6.44. The third-order valence-corrected chi connectivity index (χ3v) is 4.47. The van der Waals surface area contributed by atoms with Gasteiger partial charge in [0.2, 0.25) is 0 Å². The van der Waals surface area contributed by atoms with Crippen molar-refractivity contribution in [2.24, 2.45) is 0 Å². The summed E-state index contributed by atoms with van der Waals surface area (Å²) in [6.45, 7) is 1.98. The van der Waals surface area contributed by atoms with Gasteiger partial charge >= 0.3 is 11.9 Å². The van der Waals surface area contributed by atoms with Gasteiger partial charge in [0.25, 0.3) is 0 Å². The second-order valence-electron chi connectivity index (χ2n) is 6.44. The zero-order valence-electron chi connectivity index (χ0n) is 14.3. The molecule has 1 saturated carbocycles. The lowest BCUT2D eigenvalue weighted by Crippen LogP contribution is -2.29. The van der Waals surface area contributed by atoms with Crippen LogP contribution in [0, 0.1) is 6.92 Å². The minimum Gasteiger partial charge on any atom is -0.459 e. The lowest BCUT2D eigenvalue weighted by molar-refractivity contribution is -0.0108. The summed E-state index contributed by atoms with van der Waals surface area (Å²) in [7, 11) is 0. The maximum absolute atomic E-state index is 12.2. The molecule has 130 valence electrons. The monoisotopic (exact) mass is 338 g/mol. The highest BCUT2D eigenvalue weighted by molar-refractivity contribution is 5.90. The van der Waals surface area contributed by atoms with E-state index in [-0.39, 0.29) is 24.1 Å². The number of benzene rings is 2. The molecule has 0 N–H and O–H groups in total. The first kappa shape index (κ1) is 17.2. The summed E-state index contributed by atoms with van der Waals surface area (Å²) in [6, 6.07) is 16.4. The van der Waals surface area contributed by atoms with Crippen molar-refractivity contribution in [2.45, 2.75) is 44.8 Å². The van der Waals surface area contributed by atoms with E-state index in [1.165, 1.54) is 0 Å². The third-order valence-electron chi connectivity index (χ3n) is 4.47. The largest absolute Gasteiger partial charge is 0.459 e. The van der Waals surface area contributed by atoms with Gasteiger partial charge in [0, 0.05) is 0 Å². The highest BCUT2D eigenvalue weighted by Crippen LogP contribution is 2.25. The predicted molar refractivity (Wildman–Crippen MR) is 94.5 cm³/mol. The van der Waals surface area contributed by atoms with Gasteiger partial charge in [-0.15, -0.1) is 0 Å². The van der Waals surface area contributed by atoms with Crippen LogP contribution in [0.2, 0.25) is 0 Å². The Labute approximate surface area is 147 Å². The fourth-order valence-electron chi connectivity index (χ4n) is 2.97. The number of rotatable bonds is 4. The van der Waals surface area contributed by atoms with Crippen molar-refractivity contribution in [3.8, 4) is 0 Å². The van der Waals surface area contributed by atoms with Crippen LogP contribution >= 0.6 is 0 Å². The first-order valence-electron chi connectivity index (χ1n) is 8.65. The smallest absolute Gasteiger partial charge is 0.338 e. The minimum absolute atomic E-state index is 0.109. The average molecular weight is 338 g/mol. The van der Waals surface area contributed by atoms with E-state index in [0.29, 0.717) is 36.8 Å². The second kappa shape index (κ2) is 7.97. The van der Waals surface area contributed by atoms with Gasteiger partial charge in [-0.25, -0.2) is 9.59 Å². The van der Waals surface area contributed by atoms with Crippen molar-refractivity contribution in [3.05, 3.63) is 71.3 Å².